The van der Waals surface area contributed by atoms with Gasteiger partial charge in [0.1, 0.15) is 0 Å². The number of esters is 1. The SMILES string of the molecule is COC(=O)c1ccc(Cl)c(NC2CC3CCC2C3)c1. The highest BCUT2D eigenvalue weighted by atomic mass is 35.5. The number of anilines is 1. The number of halogens is 1. The zero-order valence-corrected chi connectivity index (χ0v) is 11.7. The van der Waals surface area contributed by atoms with E-state index in [2.05, 4.69) is 5.32 Å². The number of ether oxygens (including phenoxy) is 1. The van der Waals surface area contributed by atoms with Gasteiger partial charge in [0.25, 0.3) is 0 Å². The van der Waals surface area contributed by atoms with Gasteiger partial charge in [-0.2, -0.15) is 0 Å². The van der Waals surface area contributed by atoms with Crippen molar-refractivity contribution in [2.75, 3.05) is 12.4 Å². The molecule has 0 amide bonds. The smallest absolute Gasteiger partial charge is 0.337 e. The molecule has 2 saturated carbocycles. The summed E-state index contributed by atoms with van der Waals surface area (Å²) >= 11 is 6.21. The number of benzene rings is 1. The number of carbonyl (C=O) groups excluding carboxylic acids is 1. The molecule has 1 aromatic rings. The van der Waals surface area contributed by atoms with Crippen molar-refractivity contribution in [3.05, 3.63) is 28.8 Å². The van der Waals surface area contributed by atoms with Gasteiger partial charge in [-0.15, -0.1) is 0 Å². The molecule has 1 N–H and O–H groups in total. The number of rotatable bonds is 3. The van der Waals surface area contributed by atoms with Gasteiger partial charge in [-0.3, -0.25) is 0 Å². The standard InChI is InChI=1S/C15H18ClNO2/c1-19-15(18)11-4-5-12(16)14(8-11)17-13-7-9-2-3-10(13)6-9/h4-5,8-10,13,17H,2-3,6-7H2,1H3. The number of nitrogens with one attached hydrogen (secondary N) is 1. The van der Waals surface area contributed by atoms with Crippen LogP contribution >= 0.6 is 11.6 Å². The molecule has 19 heavy (non-hydrogen) atoms. The Morgan fingerprint density at radius 2 is 2.21 bits per heavy atom. The van der Waals surface area contributed by atoms with Gasteiger partial charge in [-0.05, 0) is 49.3 Å². The van der Waals surface area contributed by atoms with Crippen LogP contribution in [0.15, 0.2) is 18.2 Å². The minimum absolute atomic E-state index is 0.326. The number of fused-ring (bicyclic) bond motifs is 2. The molecule has 2 fully saturated rings. The molecule has 1 aromatic carbocycles. The van der Waals surface area contributed by atoms with Crippen LogP contribution < -0.4 is 5.32 Å². The lowest BCUT2D eigenvalue weighted by atomic mass is 9.95. The molecule has 2 bridgehead atoms. The van der Waals surface area contributed by atoms with Crippen molar-refractivity contribution in [1.82, 2.24) is 0 Å². The Balaban J connectivity index is 1.78. The van der Waals surface area contributed by atoms with Crippen LogP contribution in [-0.4, -0.2) is 19.1 Å². The van der Waals surface area contributed by atoms with E-state index >= 15 is 0 Å². The van der Waals surface area contributed by atoms with Gasteiger partial charge in [-0.1, -0.05) is 18.0 Å². The van der Waals surface area contributed by atoms with Crippen molar-refractivity contribution < 1.29 is 9.53 Å². The molecule has 0 spiro atoms. The van der Waals surface area contributed by atoms with Gasteiger partial charge >= 0.3 is 5.97 Å². The summed E-state index contributed by atoms with van der Waals surface area (Å²) in [7, 11) is 1.39. The Kier molecular flexibility index (Phi) is 3.40. The molecular weight excluding hydrogens is 262 g/mol. The van der Waals surface area contributed by atoms with Crippen molar-refractivity contribution in [3.8, 4) is 0 Å². The number of methoxy groups -OCH3 is 1. The molecule has 2 aliphatic carbocycles. The summed E-state index contributed by atoms with van der Waals surface area (Å²) in [5.41, 5.74) is 1.39. The second-order valence-corrected chi connectivity index (χ2v) is 6.02. The molecule has 3 rings (SSSR count). The summed E-state index contributed by atoms with van der Waals surface area (Å²) < 4.78 is 4.74. The molecule has 3 atom stereocenters. The highest BCUT2D eigenvalue weighted by Gasteiger charge is 2.39. The number of hydrogen-bond donors (Lipinski definition) is 1. The first-order valence-corrected chi connectivity index (χ1v) is 7.19. The van der Waals surface area contributed by atoms with Crippen molar-refractivity contribution in [2.45, 2.75) is 31.7 Å². The largest absolute Gasteiger partial charge is 0.465 e. The van der Waals surface area contributed by atoms with Crippen LogP contribution in [0.3, 0.4) is 0 Å². The van der Waals surface area contributed by atoms with Crippen LogP contribution in [0.1, 0.15) is 36.0 Å². The Morgan fingerprint density at radius 1 is 1.37 bits per heavy atom. The first-order valence-electron chi connectivity index (χ1n) is 6.82. The third-order valence-electron chi connectivity index (χ3n) is 4.47. The lowest BCUT2D eigenvalue weighted by Gasteiger charge is -2.24. The quantitative estimate of drug-likeness (QED) is 0.857. The van der Waals surface area contributed by atoms with Crippen LogP contribution in [0.4, 0.5) is 5.69 Å². The maximum atomic E-state index is 11.5. The van der Waals surface area contributed by atoms with Crippen molar-refractivity contribution in [1.29, 1.82) is 0 Å². The Bertz CT molecular complexity index is 503. The summed E-state index contributed by atoms with van der Waals surface area (Å²) in [5, 5.41) is 4.18. The second kappa shape index (κ2) is 5.04. The molecule has 0 radical (unpaired) electrons. The van der Waals surface area contributed by atoms with E-state index in [1.165, 1.54) is 32.8 Å². The van der Waals surface area contributed by atoms with E-state index in [0.717, 1.165) is 17.5 Å². The van der Waals surface area contributed by atoms with Crippen LogP contribution in [0.25, 0.3) is 0 Å². The Labute approximate surface area is 118 Å². The van der Waals surface area contributed by atoms with Gasteiger partial charge in [-0.25, -0.2) is 4.79 Å². The van der Waals surface area contributed by atoms with Crippen molar-refractivity contribution >= 4 is 23.3 Å². The fraction of sp³-hybridized carbons (Fsp3) is 0.533. The fourth-order valence-electron chi connectivity index (χ4n) is 3.50. The maximum Gasteiger partial charge on any atom is 0.337 e. The van der Waals surface area contributed by atoms with E-state index in [0.29, 0.717) is 16.6 Å². The van der Waals surface area contributed by atoms with E-state index in [-0.39, 0.29) is 5.97 Å². The normalized spacial score (nSPS) is 28.4. The first kappa shape index (κ1) is 12.8. The summed E-state index contributed by atoms with van der Waals surface area (Å²) in [4.78, 5) is 11.5. The summed E-state index contributed by atoms with van der Waals surface area (Å²) in [6, 6.07) is 5.74. The molecule has 2 aliphatic rings. The summed E-state index contributed by atoms with van der Waals surface area (Å²) in [6.45, 7) is 0. The average Bonchev–Trinajstić information content (AvgIpc) is 3.02. The van der Waals surface area contributed by atoms with E-state index < -0.39 is 0 Å². The molecule has 3 unspecified atom stereocenters. The maximum absolute atomic E-state index is 11.5. The lowest BCUT2D eigenvalue weighted by Crippen LogP contribution is -2.26. The molecule has 0 aromatic heterocycles. The predicted octanol–water partition coefficient (Wildman–Crippen LogP) is 3.73. The second-order valence-electron chi connectivity index (χ2n) is 5.61. The molecule has 4 heteroatoms. The van der Waals surface area contributed by atoms with E-state index in [1.54, 1.807) is 18.2 Å². The van der Waals surface area contributed by atoms with E-state index in [9.17, 15) is 4.79 Å². The molecule has 0 saturated heterocycles. The van der Waals surface area contributed by atoms with Crippen molar-refractivity contribution in [3.63, 3.8) is 0 Å². The average molecular weight is 280 g/mol. The van der Waals surface area contributed by atoms with Gasteiger partial charge in [0.15, 0.2) is 0 Å². The van der Waals surface area contributed by atoms with Crippen LogP contribution in [0.5, 0.6) is 0 Å². The molecule has 0 heterocycles. The summed E-state index contributed by atoms with van der Waals surface area (Å²) in [5.74, 6) is 1.32. The molecule has 3 nitrogen and oxygen atoms in total. The molecule has 0 aliphatic heterocycles. The van der Waals surface area contributed by atoms with E-state index in [4.69, 9.17) is 16.3 Å². The third-order valence-corrected chi connectivity index (χ3v) is 4.80. The van der Waals surface area contributed by atoms with Crippen LogP contribution in [-0.2, 0) is 4.74 Å². The van der Waals surface area contributed by atoms with E-state index in [1.807, 2.05) is 0 Å². The molecular formula is C15H18ClNO2. The first-order chi connectivity index (χ1) is 9.17. The third kappa shape index (κ3) is 2.44. The predicted molar refractivity (Wildman–Crippen MR) is 75.7 cm³/mol. The minimum Gasteiger partial charge on any atom is -0.465 e. The fourth-order valence-corrected chi connectivity index (χ4v) is 3.67. The van der Waals surface area contributed by atoms with Crippen molar-refractivity contribution in [2.24, 2.45) is 11.8 Å². The Hall–Kier alpha value is -1.22. The minimum atomic E-state index is -0.326. The van der Waals surface area contributed by atoms with Crippen LogP contribution in [0.2, 0.25) is 5.02 Å². The zero-order valence-electron chi connectivity index (χ0n) is 11.0. The molecule has 102 valence electrons. The highest BCUT2D eigenvalue weighted by molar-refractivity contribution is 6.33. The van der Waals surface area contributed by atoms with Gasteiger partial charge in [0, 0.05) is 6.04 Å². The lowest BCUT2D eigenvalue weighted by molar-refractivity contribution is 0.0601. The number of hydrogen-bond acceptors (Lipinski definition) is 3. The zero-order chi connectivity index (χ0) is 13.4. The summed E-state index contributed by atoms with van der Waals surface area (Å²) in [6.07, 6.45) is 5.25. The monoisotopic (exact) mass is 279 g/mol. The van der Waals surface area contributed by atoms with Gasteiger partial charge in [0.2, 0.25) is 0 Å². The Morgan fingerprint density at radius 3 is 2.84 bits per heavy atom. The topological polar surface area (TPSA) is 38.3 Å². The van der Waals surface area contributed by atoms with Gasteiger partial charge < -0.3 is 10.1 Å². The highest BCUT2D eigenvalue weighted by Crippen LogP contribution is 2.46. The van der Waals surface area contributed by atoms with Crippen LogP contribution in [0, 0.1) is 11.8 Å². The number of carbonyl (C=O) groups is 1. The van der Waals surface area contributed by atoms with Gasteiger partial charge in [0.05, 0.1) is 23.4 Å².